The lowest BCUT2D eigenvalue weighted by molar-refractivity contribution is 0.192. The average Bonchev–Trinajstić information content (AvgIpc) is 2.40. The van der Waals surface area contributed by atoms with Crippen LogP contribution in [0, 0.1) is 6.92 Å². The summed E-state index contributed by atoms with van der Waals surface area (Å²) in [4.78, 5) is 0. The normalized spacial score (nSPS) is 12.2. The van der Waals surface area contributed by atoms with E-state index in [9.17, 15) is 5.11 Å². The van der Waals surface area contributed by atoms with Crippen LogP contribution in [0.3, 0.4) is 0 Å². The van der Waals surface area contributed by atoms with Gasteiger partial charge in [-0.05, 0) is 30.7 Å². The number of hydrogen-bond donors (Lipinski definition) is 2. The third-order valence-corrected chi connectivity index (χ3v) is 3.55. The van der Waals surface area contributed by atoms with E-state index in [2.05, 4.69) is 5.32 Å². The molecule has 0 amide bonds. The highest BCUT2D eigenvalue weighted by atomic mass is 35.5. The van der Waals surface area contributed by atoms with Crippen molar-refractivity contribution in [1.82, 2.24) is 0 Å². The molecule has 1 atom stereocenters. The van der Waals surface area contributed by atoms with Crippen molar-refractivity contribution < 1.29 is 5.11 Å². The maximum absolute atomic E-state index is 10.1. The van der Waals surface area contributed by atoms with Gasteiger partial charge >= 0.3 is 0 Å². The van der Waals surface area contributed by atoms with Gasteiger partial charge in [0, 0.05) is 17.1 Å². The number of benzene rings is 2. The van der Waals surface area contributed by atoms with Gasteiger partial charge in [0.2, 0.25) is 0 Å². The SMILES string of the molecule is Cc1ccc(Cl)c(NCC(O)c2ccccc2Cl)c1. The second kappa shape index (κ2) is 6.29. The van der Waals surface area contributed by atoms with Crippen LogP contribution >= 0.6 is 23.2 Å². The van der Waals surface area contributed by atoms with Gasteiger partial charge in [0.25, 0.3) is 0 Å². The Morgan fingerprint density at radius 1 is 1.11 bits per heavy atom. The number of aliphatic hydroxyl groups is 1. The Kier molecular flexibility index (Phi) is 4.70. The van der Waals surface area contributed by atoms with Gasteiger partial charge in [-0.2, -0.15) is 0 Å². The first-order chi connectivity index (χ1) is 9.08. The summed E-state index contributed by atoms with van der Waals surface area (Å²) in [6.45, 7) is 2.35. The molecule has 0 aliphatic heterocycles. The molecular weight excluding hydrogens is 281 g/mol. The van der Waals surface area contributed by atoms with E-state index >= 15 is 0 Å². The van der Waals surface area contributed by atoms with Crippen molar-refractivity contribution in [3.8, 4) is 0 Å². The monoisotopic (exact) mass is 295 g/mol. The minimum atomic E-state index is -0.676. The molecule has 2 nitrogen and oxygen atoms in total. The van der Waals surface area contributed by atoms with Gasteiger partial charge < -0.3 is 10.4 Å². The van der Waals surface area contributed by atoms with E-state index in [4.69, 9.17) is 23.2 Å². The Hall–Kier alpha value is -1.22. The van der Waals surface area contributed by atoms with Gasteiger partial charge in [-0.25, -0.2) is 0 Å². The predicted octanol–water partition coefficient (Wildman–Crippen LogP) is 4.45. The van der Waals surface area contributed by atoms with Crippen molar-refractivity contribution in [3.63, 3.8) is 0 Å². The smallest absolute Gasteiger partial charge is 0.0976 e. The summed E-state index contributed by atoms with van der Waals surface area (Å²) in [6.07, 6.45) is -0.676. The standard InChI is InChI=1S/C15H15Cl2NO/c1-10-6-7-13(17)14(8-10)18-9-15(19)11-4-2-3-5-12(11)16/h2-8,15,18-19H,9H2,1H3. The van der Waals surface area contributed by atoms with Gasteiger partial charge in [-0.15, -0.1) is 0 Å². The van der Waals surface area contributed by atoms with Gasteiger partial charge in [-0.3, -0.25) is 0 Å². The van der Waals surface area contributed by atoms with Crippen molar-refractivity contribution in [2.45, 2.75) is 13.0 Å². The van der Waals surface area contributed by atoms with Crippen LogP contribution in [0.2, 0.25) is 10.0 Å². The summed E-state index contributed by atoms with van der Waals surface area (Å²) in [7, 11) is 0. The Morgan fingerprint density at radius 2 is 1.84 bits per heavy atom. The minimum absolute atomic E-state index is 0.354. The van der Waals surface area contributed by atoms with Crippen LogP contribution in [-0.4, -0.2) is 11.7 Å². The Morgan fingerprint density at radius 3 is 2.58 bits per heavy atom. The summed E-state index contributed by atoms with van der Waals surface area (Å²) >= 11 is 12.1. The molecule has 0 fully saturated rings. The first kappa shape index (κ1) is 14.2. The number of halogens is 2. The lowest BCUT2D eigenvalue weighted by atomic mass is 10.1. The van der Waals surface area contributed by atoms with E-state index in [1.54, 1.807) is 6.07 Å². The summed E-state index contributed by atoms with van der Waals surface area (Å²) in [5.74, 6) is 0. The molecule has 0 aliphatic rings. The lowest BCUT2D eigenvalue weighted by Gasteiger charge is -2.15. The van der Waals surface area contributed by atoms with Gasteiger partial charge in [0.1, 0.15) is 0 Å². The van der Waals surface area contributed by atoms with Crippen LogP contribution in [0.15, 0.2) is 42.5 Å². The van der Waals surface area contributed by atoms with Crippen molar-refractivity contribution in [2.75, 3.05) is 11.9 Å². The number of anilines is 1. The molecule has 1 unspecified atom stereocenters. The molecule has 0 aromatic heterocycles. The minimum Gasteiger partial charge on any atom is -0.387 e. The van der Waals surface area contributed by atoms with E-state index in [0.29, 0.717) is 22.2 Å². The molecule has 0 heterocycles. The molecule has 2 N–H and O–H groups in total. The Bertz CT molecular complexity index is 572. The zero-order chi connectivity index (χ0) is 13.8. The van der Waals surface area contributed by atoms with Crippen LogP contribution in [-0.2, 0) is 0 Å². The third kappa shape index (κ3) is 3.63. The molecule has 19 heavy (non-hydrogen) atoms. The van der Waals surface area contributed by atoms with E-state index in [1.807, 2.05) is 43.3 Å². The molecule has 0 aliphatic carbocycles. The molecule has 0 radical (unpaired) electrons. The topological polar surface area (TPSA) is 32.3 Å². The molecule has 2 aromatic rings. The zero-order valence-electron chi connectivity index (χ0n) is 10.5. The van der Waals surface area contributed by atoms with Gasteiger partial charge in [0.05, 0.1) is 16.8 Å². The third-order valence-electron chi connectivity index (χ3n) is 2.87. The number of aliphatic hydroxyl groups excluding tert-OH is 1. The zero-order valence-corrected chi connectivity index (χ0v) is 12.0. The second-order valence-electron chi connectivity index (χ2n) is 4.40. The summed E-state index contributed by atoms with van der Waals surface area (Å²) in [5.41, 5.74) is 2.63. The lowest BCUT2D eigenvalue weighted by Crippen LogP contribution is -2.12. The van der Waals surface area contributed by atoms with Crippen molar-refractivity contribution in [3.05, 3.63) is 63.6 Å². The fourth-order valence-corrected chi connectivity index (χ4v) is 2.28. The second-order valence-corrected chi connectivity index (χ2v) is 5.22. The predicted molar refractivity (Wildman–Crippen MR) is 81.1 cm³/mol. The number of hydrogen-bond acceptors (Lipinski definition) is 2. The molecule has 4 heteroatoms. The fourth-order valence-electron chi connectivity index (χ4n) is 1.84. The molecule has 0 saturated carbocycles. The summed E-state index contributed by atoms with van der Waals surface area (Å²) in [5, 5.41) is 14.5. The van der Waals surface area contributed by atoms with Gasteiger partial charge in [-0.1, -0.05) is 47.5 Å². The van der Waals surface area contributed by atoms with E-state index in [-0.39, 0.29) is 0 Å². The highest BCUT2D eigenvalue weighted by Crippen LogP contribution is 2.26. The van der Waals surface area contributed by atoms with Crippen LogP contribution in [0.25, 0.3) is 0 Å². The Labute approximate surface area is 123 Å². The molecular formula is C15H15Cl2NO. The van der Waals surface area contributed by atoms with E-state index in [0.717, 1.165) is 11.3 Å². The van der Waals surface area contributed by atoms with Crippen molar-refractivity contribution >= 4 is 28.9 Å². The largest absolute Gasteiger partial charge is 0.387 e. The summed E-state index contributed by atoms with van der Waals surface area (Å²) in [6, 6.07) is 13.0. The number of nitrogens with one attached hydrogen (secondary N) is 1. The van der Waals surface area contributed by atoms with Crippen molar-refractivity contribution in [2.24, 2.45) is 0 Å². The molecule has 0 spiro atoms. The van der Waals surface area contributed by atoms with Crippen molar-refractivity contribution in [1.29, 1.82) is 0 Å². The highest BCUT2D eigenvalue weighted by molar-refractivity contribution is 6.33. The summed E-state index contributed by atoms with van der Waals surface area (Å²) < 4.78 is 0. The average molecular weight is 296 g/mol. The van der Waals surface area contributed by atoms with Gasteiger partial charge in [0.15, 0.2) is 0 Å². The Balaban J connectivity index is 2.06. The highest BCUT2D eigenvalue weighted by Gasteiger charge is 2.11. The molecule has 2 aromatic carbocycles. The molecule has 100 valence electrons. The fraction of sp³-hybridized carbons (Fsp3) is 0.200. The van der Waals surface area contributed by atoms with E-state index < -0.39 is 6.10 Å². The first-order valence-corrected chi connectivity index (χ1v) is 6.76. The maximum Gasteiger partial charge on any atom is 0.0976 e. The molecule has 2 rings (SSSR count). The van der Waals surface area contributed by atoms with Crippen LogP contribution in [0.1, 0.15) is 17.2 Å². The number of rotatable bonds is 4. The molecule has 0 bridgehead atoms. The number of aryl methyl sites for hydroxylation is 1. The van der Waals surface area contributed by atoms with Crippen LogP contribution in [0.4, 0.5) is 5.69 Å². The molecule has 0 saturated heterocycles. The maximum atomic E-state index is 10.1. The van der Waals surface area contributed by atoms with E-state index in [1.165, 1.54) is 0 Å². The van der Waals surface area contributed by atoms with Crippen LogP contribution in [0.5, 0.6) is 0 Å². The van der Waals surface area contributed by atoms with Crippen LogP contribution < -0.4 is 5.32 Å². The first-order valence-electron chi connectivity index (χ1n) is 6.00. The quantitative estimate of drug-likeness (QED) is 0.873.